The van der Waals surface area contributed by atoms with E-state index in [1.165, 1.54) is 0 Å². The lowest BCUT2D eigenvalue weighted by Crippen LogP contribution is -2.55. The number of fused-ring (bicyclic) bond motifs is 2. The summed E-state index contributed by atoms with van der Waals surface area (Å²) in [4.78, 5) is 102. The zero-order valence-corrected chi connectivity index (χ0v) is 44.6. The number of Topliss-reactive ketones (excluding diaryl/α,β-unsaturated/α-hetero) is 1. The second-order valence-electron chi connectivity index (χ2n) is 20.4. The maximum Gasteiger partial charge on any atom is 0.490 e. The number of likely N-dealkylation sites (tertiary alicyclic amines) is 2. The van der Waals surface area contributed by atoms with E-state index < -0.39 is 134 Å². The van der Waals surface area contributed by atoms with Gasteiger partial charge in [0.25, 0.3) is 11.8 Å². The number of likely N-dealkylation sites (N-methyl/N-ethyl adjacent to an activating group) is 2. The molecule has 7 N–H and O–H groups in total. The molecule has 0 radical (unpaired) electrons. The summed E-state index contributed by atoms with van der Waals surface area (Å²) in [6, 6.07) is 8.44. The van der Waals surface area contributed by atoms with Gasteiger partial charge in [0.05, 0.1) is 37.3 Å². The quantitative estimate of drug-likeness (QED) is 0.0554. The van der Waals surface area contributed by atoms with Gasteiger partial charge in [0, 0.05) is 19.3 Å². The van der Waals surface area contributed by atoms with E-state index in [2.05, 4.69) is 26.6 Å². The van der Waals surface area contributed by atoms with Gasteiger partial charge in [0.2, 0.25) is 29.5 Å². The Kier molecular flexibility index (Phi) is 23.9. The fraction of sp³-hybridized carbons (Fsp3) is 0.623. The van der Waals surface area contributed by atoms with Gasteiger partial charge in [-0.05, 0) is 107 Å². The van der Waals surface area contributed by atoms with Crippen LogP contribution in [-0.4, -0.2) is 155 Å². The minimum Gasteiger partial charge on any atom is -0.475 e. The van der Waals surface area contributed by atoms with Crippen LogP contribution in [0, 0.1) is 0 Å². The molecule has 27 heteroatoms. The van der Waals surface area contributed by atoms with Gasteiger partial charge in [-0.1, -0.05) is 74.2 Å². The minimum atomic E-state index is -5.08. The molecule has 5 amide bonds. The topological polar surface area (TPSA) is 244 Å². The number of carboxylic acids is 2. The molecule has 2 heterocycles. The van der Waals surface area contributed by atoms with E-state index >= 15 is 17.6 Å². The number of aliphatic carboxylic acids is 2. The molecule has 2 saturated heterocycles. The molecule has 0 unspecified atom stereocenters. The number of nitrogens with zero attached hydrogens (tertiary/aromatic N) is 2. The number of carbonyl (C=O) groups excluding carboxylic acids is 6. The van der Waals surface area contributed by atoms with E-state index in [1.807, 2.05) is 48.5 Å². The van der Waals surface area contributed by atoms with Crippen molar-refractivity contribution >= 4 is 47.3 Å². The lowest BCUT2D eigenvalue weighted by molar-refractivity contribution is -0.193. The van der Waals surface area contributed by atoms with Crippen LogP contribution in [0.1, 0.15) is 132 Å². The Bertz CT molecular complexity index is 2330. The van der Waals surface area contributed by atoms with E-state index in [4.69, 9.17) is 19.8 Å². The lowest BCUT2D eigenvalue weighted by Gasteiger charge is -2.31. The first-order chi connectivity index (χ1) is 37.3. The number of nitrogens with one attached hydrogen (secondary N) is 5. The maximum atomic E-state index is 15.1. The molecular weight excluding hydrogens is 1080 g/mol. The predicted octanol–water partition coefficient (Wildman–Crippen LogP) is 6.52. The molecule has 0 spiro atoms. The normalized spacial score (nSPS) is 21.5. The van der Waals surface area contributed by atoms with Gasteiger partial charge in [-0.15, -0.1) is 0 Å². The van der Waals surface area contributed by atoms with Gasteiger partial charge < -0.3 is 46.6 Å². The highest BCUT2D eigenvalue weighted by molar-refractivity contribution is 5.95. The summed E-state index contributed by atoms with van der Waals surface area (Å²) in [7, 11) is 3.14. The van der Waals surface area contributed by atoms with Crippen molar-refractivity contribution in [3.8, 4) is 0 Å². The number of ketones is 1. The number of carboxylic acid groups (broad SMARTS) is 2. The third-order valence-corrected chi connectivity index (χ3v) is 14.5. The van der Waals surface area contributed by atoms with Crippen molar-refractivity contribution in [3.05, 3.63) is 70.8 Å². The molecule has 4 aliphatic rings. The number of hydrogen-bond donors (Lipinski definition) is 7. The van der Waals surface area contributed by atoms with Gasteiger partial charge >= 0.3 is 24.3 Å². The van der Waals surface area contributed by atoms with Crippen molar-refractivity contribution < 1.29 is 92.5 Å². The largest absolute Gasteiger partial charge is 0.490 e. The number of benzene rings is 2. The summed E-state index contributed by atoms with van der Waals surface area (Å²) in [5, 5.41) is 28.2. The number of hydrogen-bond acceptors (Lipinski definition) is 10. The predicted molar refractivity (Wildman–Crippen MR) is 268 cm³/mol. The molecule has 80 heavy (non-hydrogen) atoms. The smallest absolute Gasteiger partial charge is 0.475 e. The van der Waals surface area contributed by atoms with E-state index in [0.29, 0.717) is 32.1 Å². The average Bonchev–Trinajstić information content (AvgIpc) is 3.93. The zero-order valence-electron chi connectivity index (χ0n) is 44.6. The summed E-state index contributed by atoms with van der Waals surface area (Å²) in [6.45, 7) is 1.27. The van der Waals surface area contributed by atoms with E-state index in [9.17, 15) is 55.1 Å². The van der Waals surface area contributed by atoms with Crippen LogP contribution in [0.5, 0.6) is 0 Å². The van der Waals surface area contributed by atoms with Crippen molar-refractivity contribution in [2.75, 3.05) is 27.2 Å². The number of rotatable bonds is 20. The second-order valence-corrected chi connectivity index (χ2v) is 20.4. The molecule has 2 aliphatic heterocycles. The molecule has 2 aromatic rings. The number of alkyl halides is 10. The molecule has 2 fully saturated rings. The molecular formula is C53H69F10N7O10. The standard InChI is InChI=1S/C49H67F4N7O6.2C2HF3O2/c1-30(54-3)43(62)57-38(46(65)59-28-48(50,51)26-40(59)42(61)25-34-19-13-17-32-15-9-11-20-35(32)34)22-7-5-6-8-23-39(58-44(63)31(2)55-4)47(66)60-29-49(52,53)27-41(60)45(64)56-37-24-14-18-33-16-10-12-21-36(33)37;2*3-2(4,5)1(6)7/h9-12,15-16,20-21,30-31,34,37-41,54-55H,5-8,13-14,17-19,22-29H2,1-4H3,(H,56,64)(H,57,62)(H,58,63);2*(H,6,7)/t30-,31-,34-,37+,38-,39-,40-,41-;;/m0../s1. The molecule has 0 aromatic heterocycles. The van der Waals surface area contributed by atoms with Crippen LogP contribution in [-0.2, 0) is 51.2 Å². The Balaban J connectivity index is 0.000000869. The second kappa shape index (κ2) is 28.9. The first-order valence-electron chi connectivity index (χ1n) is 26.2. The highest BCUT2D eigenvalue weighted by Crippen LogP contribution is 2.39. The fourth-order valence-electron chi connectivity index (χ4n) is 10.1. The zero-order chi connectivity index (χ0) is 59.9. The van der Waals surface area contributed by atoms with Gasteiger partial charge in [-0.25, -0.2) is 27.2 Å². The Morgan fingerprint density at radius 2 is 1.01 bits per heavy atom. The summed E-state index contributed by atoms with van der Waals surface area (Å²) in [5.74, 6) is -16.0. The van der Waals surface area contributed by atoms with Crippen LogP contribution < -0.4 is 26.6 Å². The third kappa shape index (κ3) is 19.1. The Hall–Kier alpha value is -6.38. The molecule has 446 valence electrons. The average molecular weight is 1150 g/mol. The van der Waals surface area contributed by atoms with Crippen molar-refractivity contribution in [2.24, 2.45) is 0 Å². The maximum absolute atomic E-state index is 15.1. The van der Waals surface area contributed by atoms with Crippen molar-refractivity contribution in [2.45, 2.75) is 183 Å². The SMILES string of the molecule is CN[C@@H](C)C(=O)N[C@@H](CCCCCC[C@H](NC(=O)[C@H](C)NC)C(=O)N1CC(F)(F)C[C@H]1C(=O)N[C@@H]1CCCc2ccccc21)C(=O)N1CC(F)(F)C[C@H]1C(=O)C[C@@H]1CCCc2ccccc21.O=C(O)C(F)(F)F.O=C(O)C(F)(F)F. The number of carbonyl (C=O) groups is 8. The van der Waals surface area contributed by atoms with E-state index in [-0.39, 0.29) is 31.2 Å². The van der Waals surface area contributed by atoms with Gasteiger partial charge in [0.15, 0.2) is 5.78 Å². The van der Waals surface area contributed by atoms with E-state index in [0.717, 1.165) is 64.2 Å². The lowest BCUT2D eigenvalue weighted by atomic mass is 9.79. The monoisotopic (exact) mass is 1150 g/mol. The molecule has 0 bridgehead atoms. The minimum absolute atomic E-state index is 0.0245. The van der Waals surface area contributed by atoms with Crippen LogP contribution in [0.25, 0.3) is 0 Å². The Morgan fingerprint density at radius 1 is 0.613 bits per heavy atom. The number of amides is 5. The highest BCUT2D eigenvalue weighted by Gasteiger charge is 2.53. The van der Waals surface area contributed by atoms with Gasteiger partial charge in [-0.2, -0.15) is 26.3 Å². The van der Waals surface area contributed by atoms with Crippen molar-refractivity contribution in [1.29, 1.82) is 0 Å². The highest BCUT2D eigenvalue weighted by atomic mass is 19.4. The summed E-state index contributed by atoms with van der Waals surface area (Å²) < 4.78 is 124. The summed E-state index contributed by atoms with van der Waals surface area (Å²) >= 11 is 0. The summed E-state index contributed by atoms with van der Waals surface area (Å²) in [6.07, 6.45) is -5.31. The Morgan fingerprint density at radius 3 is 1.46 bits per heavy atom. The number of halogens is 10. The first-order valence-corrected chi connectivity index (χ1v) is 26.2. The van der Waals surface area contributed by atoms with Gasteiger partial charge in [-0.3, -0.25) is 28.8 Å². The van der Waals surface area contributed by atoms with Crippen LogP contribution in [0.3, 0.4) is 0 Å². The molecule has 17 nitrogen and oxygen atoms in total. The van der Waals surface area contributed by atoms with Crippen molar-refractivity contribution in [3.63, 3.8) is 0 Å². The Labute approximate surface area is 455 Å². The van der Waals surface area contributed by atoms with Crippen LogP contribution in [0.2, 0.25) is 0 Å². The number of unbranched alkanes of at least 4 members (excludes halogenated alkanes) is 3. The van der Waals surface area contributed by atoms with Gasteiger partial charge in [0.1, 0.15) is 18.1 Å². The molecule has 0 saturated carbocycles. The van der Waals surface area contributed by atoms with Crippen LogP contribution >= 0.6 is 0 Å². The van der Waals surface area contributed by atoms with E-state index in [1.54, 1.807) is 27.9 Å². The van der Waals surface area contributed by atoms with Crippen LogP contribution in [0.4, 0.5) is 43.9 Å². The third-order valence-electron chi connectivity index (χ3n) is 14.5. The first kappa shape index (κ1) is 66.1. The molecule has 6 rings (SSSR count). The van der Waals surface area contributed by atoms with Crippen molar-refractivity contribution in [1.82, 2.24) is 36.4 Å². The fourth-order valence-corrected chi connectivity index (χ4v) is 10.1. The number of aryl methyl sites for hydroxylation is 2. The van der Waals surface area contributed by atoms with Crippen LogP contribution in [0.15, 0.2) is 48.5 Å². The molecule has 2 aliphatic carbocycles. The molecule has 2 aromatic carbocycles. The summed E-state index contributed by atoms with van der Waals surface area (Å²) in [5.41, 5.74) is 4.16. The molecule has 8 atom stereocenters.